The van der Waals surface area contributed by atoms with Crippen molar-refractivity contribution in [3.05, 3.63) is 21.4 Å². The van der Waals surface area contributed by atoms with Gasteiger partial charge in [0.15, 0.2) is 0 Å². The molecule has 0 unspecified atom stereocenters. The Morgan fingerprint density at radius 1 is 1.38 bits per heavy atom. The molecular formula is C11H17NS. The van der Waals surface area contributed by atoms with Gasteiger partial charge in [0.2, 0.25) is 0 Å². The maximum Gasteiger partial charge on any atom is 0.0299 e. The third-order valence-corrected chi connectivity index (χ3v) is 3.83. The lowest BCUT2D eigenvalue weighted by atomic mass is 9.99. The highest BCUT2D eigenvalue weighted by molar-refractivity contribution is 7.12. The monoisotopic (exact) mass is 195 g/mol. The lowest BCUT2D eigenvalue weighted by Gasteiger charge is -2.08. The maximum atomic E-state index is 3.38. The van der Waals surface area contributed by atoms with E-state index < -0.39 is 0 Å². The van der Waals surface area contributed by atoms with Crippen LogP contribution >= 0.6 is 11.3 Å². The molecule has 1 aliphatic rings. The smallest absolute Gasteiger partial charge is 0.0299 e. The highest BCUT2D eigenvalue weighted by Gasteiger charge is 2.12. The number of fused-ring (bicyclic) bond motifs is 1. The van der Waals surface area contributed by atoms with Gasteiger partial charge in [0.05, 0.1) is 0 Å². The van der Waals surface area contributed by atoms with Gasteiger partial charge in [0.25, 0.3) is 0 Å². The van der Waals surface area contributed by atoms with Crippen LogP contribution in [0.25, 0.3) is 0 Å². The van der Waals surface area contributed by atoms with Gasteiger partial charge < -0.3 is 5.32 Å². The molecule has 0 bridgehead atoms. The molecule has 0 fully saturated rings. The molecule has 1 aliphatic carbocycles. The molecule has 0 saturated heterocycles. The second-order valence-electron chi connectivity index (χ2n) is 3.65. The van der Waals surface area contributed by atoms with Gasteiger partial charge in [0.1, 0.15) is 0 Å². The van der Waals surface area contributed by atoms with Crippen LogP contribution in [0.5, 0.6) is 0 Å². The molecule has 2 rings (SSSR count). The quantitative estimate of drug-likeness (QED) is 0.782. The van der Waals surface area contributed by atoms with E-state index in [1.807, 2.05) is 11.3 Å². The molecule has 1 heterocycles. The number of aryl methyl sites for hydroxylation is 2. The van der Waals surface area contributed by atoms with Gasteiger partial charge in [-0.15, -0.1) is 11.3 Å². The zero-order valence-corrected chi connectivity index (χ0v) is 9.04. The number of hydrogen-bond donors (Lipinski definition) is 1. The van der Waals surface area contributed by atoms with Crippen LogP contribution in [0, 0.1) is 0 Å². The van der Waals surface area contributed by atoms with Crippen LogP contribution < -0.4 is 5.32 Å². The summed E-state index contributed by atoms with van der Waals surface area (Å²) in [7, 11) is 0. The van der Waals surface area contributed by atoms with Gasteiger partial charge in [-0.25, -0.2) is 0 Å². The fourth-order valence-electron chi connectivity index (χ4n) is 1.89. The summed E-state index contributed by atoms with van der Waals surface area (Å²) < 4.78 is 0. The molecule has 1 aromatic heterocycles. The Bertz CT molecular complexity index is 254. The SMILES string of the molecule is CCNCc1cc2c(s1)CCCC2. The van der Waals surface area contributed by atoms with E-state index in [1.54, 1.807) is 10.4 Å². The highest BCUT2D eigenvalue weighted by atomic mass is 32.1. The summed E-state index contributed by atoms with van der Waals surface area (Å²) >= 11 is 2.01. The Hall–Kier alpha value is -0.340. The van der Waals surface area contributed by atoms with E-state index in [-0.39, 0.29) is 0 Å². The normalized spacial score (nSPS) is 15.8. The first kappa shape index (κ1) is 9.22. The molecule has 1 aromatic rings. The lowest BCUT2D eigenvalue weighted by Crippen LogP contribution is -2.10. The maximum absolute atomic E-state index is 3.38. The molecule has 0 aromatic carbocycles. The van der Waals surface area contributed by atoms with E-state index in [1.165, 1.54) is 30.6 Å². The van der Waals surface area contributed by atoms with Crippen molar-refractivity contribution in [1.82, 2.24) is 5.32 Å². The van der Waals surface area contributed by atoms with Crippen LogP contribution in [-0.4, -0.2) is 6.54 Å². The molecule has 72 valence electrons. The lowest BCUT2D eigenvalue weighted by molar-refractivity contribution is 0.696. The zero-order valence-electron chi connectivity index (χ0n) is 8.23. The van der Waals surface area contributed by atoms with Gasteiger partial charge in [-0.05, 0) is 43.9 Å². The molecular weight excluding hydrogens is 178 g/mol. The minimum atomic E-state index is 1.06. The first-order valence-electron chi connectivity index (χ1n) is 5.21. The summed E-state index contributed by atoms with van der Waals surface area (Å²) in [6.45, 7) is 4.30. The fraction of sp³-hybridized carbons (Fsp3) is 0.636. The van der Waals surface area contributed by atoms with E-state index in [9.17, 15) is 0 Å². The number of nitrogens with one attached hydrogen (secondary N) is 1. The van der Waals surface area contributed by atoms with Crippen LogP contribution in [-0.2, 0) is 19.4 Å². The van der Waals surface area contributed by atoms with E-state index in [4.69, 9.17) is 0 Å². The van der Waals surface area contributed by atoms with Crippen molar-refractivity contribution in [3.63, 3.8) is 0 Å². The Kier molecular flexibility index (Phi) is 3.01. The largest absolute Gasteiger partial charge is 0.312 e. The summed E-state index contributed by atoms with van der Waals surface area (Å²) in [4.78, 5) is 3.17. The number of thiophene rings is 1. The minimum Gasteiger partial charge on any atom is -0.312 e. The minimum absolute atomic E-state index is 1.06. The molecule has 1 nitrogen and oxygen atoms in total. The molecule has 2 heteroatoms. The molecule has 0 saturated carbocycles. The van der Waals surface area contributed by atoms with Crippen molar-refractivity contribution < 1.29 is 0 Å². The van der Waals surface area contributed by atoms with Gasteiger partial charge in [0, 0.05) is 16.3 Å². The van der Waals surface area contributed by atoms with Crippen molar-refractivity contribution in [2.24, 2.45) is 0 Å². The third kappa shape index (κ3) is 2.12. The van der Waals surface area contributed by atoms with Crippen LogP contribution in [0.15, 0.2) is 6.07 Å². The average Bonchev–Trinajstić information content (AvgIpc) is 2.57. The summed E-state index contributed by atoms with van der Waals surface area (Å²) in [5, 5.41) is 3.38. The third-order valence-electron chi connectivity index (χ3n) is 2.60. The second kappa shape index (κ2) is 4.25. The van der Waals surface area contributed by atoms with Crippen molar-refractivity contribution in [2.45, 2.75) is 39.2 Å². The van der Waals surface area contributed by atoms with E-state index >= 15 is 0 Å². The van der Waals surface area contributed by atoms with E-state index in [2.05, 4.69) is 18.3 Å². The molecule has 1 N–H and O–H groups in total. The van der Waals surface area contributed by atoms with E-state index in [0.717, 1.165) is 13.1 Å². The second-order valence-corrected chi connectivity index (χ2v) is 4.87. The van der Waals surface area contributed by atoms with Crippen molar-refractivity contribution in [2.75, 3.05) is 6.54 Å². The first-order chi connectivity index (χ1) is 6.40. The van der Waals surface area contributed by atoms with Crippen LogP contribution in [0.1, 0.15) is 35.1 Å². The molecule has 0 radical (unpaired) electrons. The van der Waals surface area contributed by atoms with Crippen LogP contribution in [0.3, 0.4) is 0 Å². The van der Waals surface area contributed by atoms with Crippen LogP contribution in [0.4, 0.5) is 0 Å². The van der Waals surface area contributed by atoms with E-state index in [0.29, 0.717) is 0 Å². The molecule has 0 amide bonds. The number of hydrogen-bond acceptors (Lipinski definition) is 2. The summed E-state index contributed by atoms with van der Waals surface area (Å²) in [5.74, 6) is 0. The predicted octanol–water partition coefficient (Wildman–Crippen LogP) is 2.74. The van der Waals surface area contributed by atoms with Gasteiger partial charge in [-0.2, -0.15) is 0 Å². The predicted molar refractivity (Wildman–Crippen MR) is 58.3 cm³/mol. The zero-order chi connectivity index (χ0) is 9.10. The molecule has 0 atom stereocenters. The first-order valence-corrected chi connectivity index (χ1v) is 6.03. The number of rotatable bonds is 3. The Morgan fingerprint density at radius 2 is 2.23 bits per heavy atom. The topological polar surface area (TPSA) is 12.0 Å². The molecule has 0 aliphatic heterocycles. The average molecular weight is 195 g/mol. The van der Waals surface area contributed by atoms with Gasteiger partial charge in [-0.1, -0.05) is 6.92 Å². The standard InChI is InChI=1S/C11H17NS/c1-2-12-8-10-7-9-5-3-4-6-11(9)13-10/h7,12H,2-6,8H2,1H3. The summed E-state index contributed by atoms with van der Waals surface area (Å²) in [5.41, 5.74) is 1.63. The molecule has 13 heavy (non-hydrogen) atoms. The summed E-state index contributed by atoms with van der Waals surface area (Å²) in [6, 6.07) is 2.40. The van der Waals surface area contributed by atoms with Crippen LogP contribution in [0.2, 0.25) is 0 Å². The summed E-state index contributed by atoms with van der Waals surface area (Å²) in [6.07, 6.45) is 5.43. The highest BCUT2D eigenvalue weighted by Crippen LogP contribution is 2.29. The van der Waals surface area contributed by atoms with Crippen molar-refractivity contribution >= 4 is 11.3 Å². The van der Waals surface area contributed by atoms with Crippen molar-refractivity contribution in [3.8, 4) is 0 Å². The molecule has 0 spiro atoms. The van der Waals surface area contributed by atoms with Gasteiger partial charge >= 0.3 is 0 Å². The Morgan fingerprint density at radius 3 is 3.00 bits per heavy atom. The van der Waals surface area contributed by atoms with Gasteiger partial charge in [-0.3, -0.25) is 0 Å². The van der Waals surface area contributed by atoms with Crippen molar-refractivity contribution in [1.29, 1.82) is 0 Å². The Labute approximate surface area is 84.2 Å². The fourth-order valence-corrected chi connectivity index (χ4v) is 3.12. The Balaban J connectivity index is 2.07.